The van der Waals surface area contributed by atoms with E-state index in [0.29, 0.717) is 0 Å². The molecule has 1 aromatic heterocycles. The molecule has 0 fully saturated rings. The second-order valence-corrected chi connectivity index (χ2v) is 11.3. The lowest BCUT2D eigenvalue weighted by atomic mass is 9.73. The van der Waals surface area contributed by atoms with Crippen molar-refractivity contribution in [2.45, 2.75) is 34.1 Å². The van der Waals surface area contributed by atoms with Crippen molar-refractivity contribution in [2.75, 3.05) is 0 Å². The molecule has 2 unspecified atom stereocenters. The van der Waals surface area contributed by atoms with Gasteiger partial charge in [0.1, 0.15) is 11.3 Å². The van der Waals surface area contributed by atoms with Crippen LogP contribution in [0.15, 0.2) is 137 Å². The van der Waals surface area contributed by atoms with Gasteiger partial charge in [0.25, 0.3) is 0 Å². The Bertz CT molecular complexity index is 1930. The van der Waals surface area contributed by atoms with Crippen LogP contribution >= 0.6 is 0 Å². The first-order valence-corrected chi connectivity index (χ1v) is 15.0. The summed E-state index contributed by atoms with van der Waals surface area (Å²) >= 11 is 0. The Morgan fingerprint density at radius 3 is 2.36 bits per heavy atom. The fraction of sp³-hybridized carbons (Fsp3) is 0.171. The summed E-state index contributed by atoms with van der Waals surface area (Å²) in [5.74, 6) is 1.44. The van der Waals surface area contributed by atoms with E-state index in [-0.39, 0.29) is 11.8 Å². The maximum absolute atomic E-state index is 6.15. The first kappa shape index (κ1) is 27.5. The van der Waals surface area contributed by atoms with Crippen LogP contribution in [0.2, 0.25) is 0 Å². The predicted octanol–water partition coefficient (Wildman–Crippen LogP) is 9.57. The summed E-state index contributed by atoms with van der Waals surface area (Å²) in [5.41, 5.74) is 10.0. The maximum atomic E-state index is 6.15. The van der Waals surface area contributed by atoms with E-state index in [1.165, 1.54) is 54.8 Å². The third kappa shape index (κ3) is 5.35. The zero-order valence-electron chi connectivity index (χ0n) is 25.0. The van der Waals surface area contributed by atoms with E-state index in [4.69, 9.17) is 4.42 Å². The average molecular weight is 547 g/mol. The highest BCUT2D eigenvalue weighted by molar-refractivity contribution is 5.95. The molecule has 1 heterocycles. The van der Waals surface area contributed by atoms with Crippen LogP contribution in [0.5, 0.6) is 0 Å². The van der Waals surface area contributed by atoms with Gasteiger partial charge in [0.05, 0.1) is 0 Å². The highest BCUT2D eigenvalue weighted by Crippen LogP contribution is 2.43. The minimum atomic E-state index is 0.211. The van der Waals surface area contributed by atoms with Crippen molar-refractivity contribution >= 4 is 28.7 Å². The third-order valence-electron chi connectivity index (χ3n) is 8.80. The van der Waals surface area contributed by atoms with Gasteiger partial charge in [0.2, 0.25) is 0 Å². The van der Waals surface area contributed by atoms with E-state index in [1.54, 1.807) is 0 Å². The molecular weight excluding hydrogens is 508 g/mol. The minimum absolute atomic E-state index is 0.211. The quantitative estimate of drug-likeness (QED) is 0.248. The summed E-state index contributed by atoms with van der Waals surface area (Å²) in [6, 6.07) is 23.9. The zero-order valence-corrected chi connectivity index (χ0v) is 25.0. The van der Waals surface area contributed by atoms with E-state index in [0.717, 1.165) is 17.8 Å². The average Bonchev–Trinajstić information content (AvgIpc) is 3.32. The molecule has 4 aromatic rings. The second-order valence-electron chi connectivity index (χ2n) is 11.3. The molecule has 2 atom stereocenters. The van der Waals surface area contributed by atoms with Gasteiger partial charge in [-0.1, -0.05) is 133 Å². The van der Waals surface area contributed by atoms with Crippen molar-refractivity contribution in [1.82, 2.24) is 0 Å². The van der Waals surface area contributed by atoms with Gasteiger partial charge in [-0.05, 0) is 84.5 Å². The molecule has 0 amide bonds. The van der Waals surface area contributed by atoms with E-state index < -0.39 is 0 Å². The van der Waals surface area contributed by atoms with Gasteiger partial charge in [-0.25, -0.2) is 0 Å². The minimum Gasteiger partial charge on any atom is -0.461 e. The molecule has 42 heavy (non-hydrogen) atoms. The van der Waals surface area contributed by atoms with Crippen LogP contribution in [0.4, 0.5) is 0 Å². The molecule has 0 bridgehead atoms. The Kier molecular flexibility index (Phi) is 7.93. The Hall–Kier alpha value is -4.62. The van der Waals surface area contributed by atoms with Gasteiger partial charge >= 0.3 is 0 Å². The van der Waals surface area contributed by atoms with Crippen LogP contribution in [0.3, 0.4) is 0 Å². The monoisotopic (exact) mass is 546 g/mol. The van der Waals surface area contributed by atoms with Gasteiger partial charge < -0.3 is 4.42 Å². The van der Waals surface area contributed by atoms with Gasteiger partial charge in [0, 0.05) is 17.2 Å². The summed E-state index contributed by atoms with van der Waals surface area (Å²) < 4.78 is 6.15. The van der Waals surface area contributed by atoms with Crippen LogP contribution in [0, 0.1) is 25.7 Å². The molecule has 0 aliphatic heterocycles. The summed E-state index contributed by atoms with van der Waals surface area (Å²) in [6.45, 7) is 8.63. The summed E-state index contributed by atoms with van der Waals surface area (Å²) in [4.78, 5) is 0. The Labute approximate surface area is 249 Å². The lowest BCUT2D eigenvalue weighted by molar-refractivity contribution is 0.575. The lowest BCUT2D eigenvalue weighted by Crippen LogP contribution is -2.24. The molecule has 2 aliphatic carbocycles. The van der Waals surface area contributed by atoms with Crippen molar-refractivity contribution < 1.29 is 4.42 Å². The number of allylic oxidation sites excluding steroid dienone is 12. The number of aryl methyl sites for hydroxylation is 2. The highest BCUT2D eigenvalue weighted by atomic mass is 16.3. The summed E-state index contributed by atoms with van der Waals surface area (Å²) in [5, 5.41) is 3.76. The SMILES string of the molecule is C/C=c1/cc(-c2ccccc2)cc/c1=C/C\C1=C(C)/C=C\C=C/C=C(\c2cccc3oc(C)c(C)c23)C2C=CC=CC12. The largest absolute Gasteiger partial charge is 0.461 e. The normalized spacial score (nSPS) is 24.0. The van der Waals surface area contributed by atoms with E-state index >= 15 is 0 Å². The Morgan fingerprint density at radius 1 is 0.738 bits per heavy atom. The van der Waals surface area contributed by atoms with Crippen LogP contribution in [-0.4, -0.2) is 0 Å². The maximum Gasteiger partial charge on any atom is 0.135 e. The number of hydrogen-bond donors (Lipinski definition) is 0. The zero-order chi connectivity index (χ0) is 29.1. The van der Waals surface area contributed by atoms with Gasteiger partial charge in [-0.15, -0.1) is 0 Å². The van der Waals surface area contributed by atoms with E-state index in [2.05, 4.69) is 161 Å². The van der Waals surface area contributed by atoms with Crippen molar-refractivity contribution in [2.24, 2.45) is 11.8 Å². The lowest BCUT2D eigenvalue weighted by Gasteiger charge is -2.30. The van der Waals surface area contributed by atoms with Crippen molar-refractivity contribution in [3.63, 3.8) is 0 Å². The molecule has 0 N–H and O–H groups in total. The highest BCUT2D eigenvalue weighted by Gasteiger charge is 2.28. The summed E-state index contributed by atoms with van der Waals surface area (Å²) in [7, 11) is 0. The van der Waals surface area contributed by atoms with E-state index in [9.17, 15) is 0 Å². The van der Waals surface area contributed by atoms with Crippen LogP contribution in [0.25, 0.3) is 39.8 Å². The van der Waals surface area contributed by atoms with Crippen molar-refractivity contribution in [1.29, 1.82) is 0 Å². The number of benzene rings is 3. The third-order valence-corrected chi connectivity index (χ3v) is 8.80. The second kappa shape index (κ2) is 12.1. The fourth-order valence-electron chi connectivity index (χ4n) is 6.41. The topological polar surface area (TPSA) is 13.1 Å². The first-order chi connectivity index (χ1) is 20.5. The Balaban J connectivity index is 1.44. The number of rotatable bonds is 4. The number of fused-ring (bicyclic) bond motifs is 2. The molecular formula is C41H38O. The van der Waals surface area contributed by atoms with Crippen LogP contribution in [-0.2, 0) is 0 Å². The van der Waals surface area contributed by atoms with Crippen molar-refractivity contribution in [3.8, 4) is 11.1 Å². The van der Waals surface area contributed by atoms with Crippen molar-refractivity contribution in [3.05, 3.63) is 160 Å². The molecule has 208 valence electrons. The summed E-state index contributed by atoms with van der Waals surface area (Å²) in [6.07, 6.45) is 25.8. The molecule has 0 saturated carbocycles. The smallest absolute Gasteiger partial charge is 0.135 e. The number of hydrogen-bond acceptors (Lipinski definition) is 1. The first-order valence-electron chi connectivity index (χ1n) is 15.0. The van der Waals surface area contributed by atoms with Crippen LogP contribution in [0.1, 0.15) is 37.2 Å². The van der Waals surface area contributed by atoms with Gasteiger partial charge in [0.15, 0.2) is 0 Å². The number of furan rings is 1. The van der Waals surface area contributed by atoms with Gasteiger partial charge in [-0.3, -0.25) is 0 Å². The standard InChI is InChI=1S/C41H38O/c1-5-31-27-34(32-16-9-7-10-17-32)24-23-33(31)25-26-35-28(2)15-8-6-11-18-38(37-20-13-12-19-36(35)37)39-21-14-22-40-41(39)29(3)30(4)42-40/h5-25,27,36-37H,26H2,1-4H3/b11-6-,15-8-,31-5-,33-25-,35-28+,38-18-. The molecule has 2 aliphatic rings. The molecule has 1 nitrogen and oxygen atoms in total. The molecule has 0 radical (unpaired) electrons. The molecule has 6 rings (SSSR count). The van der Waals surface area contributed by atoms with E-state index in [1.807, 2.05) is 0 Å². The van der Waals surface area contributed by atoms with Crippen LogP contribution < -0.4 is 10.4 Å². The predicted molar refractivity (Wildman–Crippen MR) is 180 cm³/mol. The molecule has 1 heteroatoms. The van der Waals surface area contributed by atoms with Gasteiger partial charge in [-0.2, -0.15) is 0 Å². The molecule has 0 saturated heterocycles. The molecule has 3 aromatic carbocycles. The Morgan fingerprint density at radius 2 is 1.55 bits per heavy atom. The molecule has 0 spiro atoms. The fourth-order valence-corrected chi connectivity index (χ4v) is 6.41.